The van der Waals surface area contributed by atoms with Crippen molar-refractivity contribution in [3.8, 4) is 5.75 Å². The highest BCUT2D eigenvalue weighted by atomic mass is 79.9. The van der Waals surface area contributed by atoms with Crippen LogP contribution in [0.5, 0.6) is 5.75 Å². The van der Waals surface area contributed by atoms with Crippen molar-refractivity contribution in [2.75, 3.05) is 0 Å². The predicted molar refractivity (Wildman–Crippen MR) is 92.8 cm³/mol. The van der Waals surface area contributed by atoms with Crippen LogP contribution in [0.4, 0.5) is 0 Å². The van der Waals surface area contributed by atoms with Crippen LogP contribution in [0, 0.1) is 0 Å². The van der Waals surface area contributed by atoms with Gasteiger partial charge >= 0.3 is 0 Å². The second-order valence-electron chi connectivity index (χ2n) is 3.87. The van der Waals surface area contributed by atoms with Gasteiger partial charge in [0, 0.05) is 14.5 Å². The van der Waals surface area contributed by atoms with Gasteiger partial charge < -0.3 is 5.11 Å². The fourth-order valence-corrected chi connectivity index (χ4v) is 2.95. The van der Waals surface area contributed by atoms with E-state index in [2.05, 4.69) is 58.0 Å². The molecule has 0 unspecified atom stereocenters. The van der Waals surface area contributed by atoms with Gasteiger partial charge in [-0.15, -0.1) is 0 Å². The molecule has 0 aliphatic heterocycles. The van der Waals surface area contributed by atoms with Gasteiger partial charge in [-0.2, -0.15) is 10.2 Å². The highest BCUT2D eigenvalue weighted by Crippen LogP contribution is 2.30. The van der Waals surface area contributed by atoms with Crippen LogP contribution in [0.1, 0.15) is 11.1 Å². The minimum atomic E-state index is 0.135. The van der Waals surface area contributed by atoms with Gasteiger partial charge in [0.15, 0.2) is 0 Å². The number of nitrogens with zero attached hydrogens (tertiary/aromatic N) is 2. The Morgan fingerprint density at radius 3 is 2.20 bits per heavy atom. The Labute approximate surface area is 141 Å². The van der Waals surface area contributed by atoms with Crippen LogP contribution in [0.15, 0.2) is 60.0 Å². The fraction of sp³-hybridized carbons (Fsp3) is 0. The fourth-order valence-electron chi connectivity index (χ4n) is 1.43. The van der Waals surface area contributed by atoms with Crippen molar-refractivity contribution in [2.24, 2.45) is 10.2 Å². The van der Waals surface area contributed by atoms with E-state index < -0.39 is 0 Å². The first kappa shape index (κ1) is 15.4. The predicted octanol–water partition coefficient (Wildman–Crippen LogP) is 5.13. The molecular formula is C14H9Br3N2O. The molecule has 0 heterocycles. The summed E-state index contributed by atoms with van der Waals surface area (Å²) in [6, 6.07) is 11.2. The zero-order chi connectivity index (χ0) is 14.5. The lowest BCUT2D eigenvalue weighted by Crippen LogP contribution is -1.84. The molecule has 0 radical (unpaired) electrons. The van der Waals surface area contributed by atoms with Crippen LogP contribution in [-0.2, 0) is 0 Å². The molecule has 0 aliphatic rings. The lowest BCUT2D eigenvalue weighted by molar-refractivity contribution is 0.471. The summed E-state index contributed by atoms with van der Waals surface area (Å²) in [6.45, 7) is 0. The molecule has 0 bridgehead atoms. The number of hydrogen-bond donors (Lipinski definition) is 1. The maximum Gasteiger partial charge on any atom is 0.138 e. The maximum absolute atomic E-state index is 9.85. The maximum atomic E-state index is 9.85. The molecule has 0 saturated heterocycles. The number of benzene rings is 2. The first-order valence-electron chi connectivity index (χ1n) is 5.56. The minimum Gasteiger partial charge on any atom is -0.506 e. The molecule has 102 valence electrons. The molecule has 0 aromatic heterocycles. The molecule has 2 aromatic carbocycles. The van der Waals surface area contributed by atoms with E-state index in [9.17, 15) is 5.11 Å². The van der Waals surface area contributed by atoms with Crippen LogP contribution in [0.25, 0.3) is 0 Å². The Balaban J connectivity index is 2.12. The summed E-state index contributed by atoms with van der Waals surface area (Å²) < 4.78 is 2.47. The van der Waals surface area contributed by atoms with Crippen molar-refractivity contribution in [1.82, 2.24) is 0 Å². The average Bonchev–Trinajstić information content (AvgIpc) is 2.42. The van der Waals surface area contributed by atoms with Crippen LogP contribution in [0.3, 0.4) is 0 Å². The quantitative estimate of drug-likeness (QED) is 0.500. The Morgan fingerprint density at radius 2 is 1.50 bits per heavy atom. The van der Waals surface area contributed by atoms with Gasteiger partial charge in [-0.25, -0.2) is 0 Å². The van der Waals surface area contributed by atoms with E-state index >= 15 is 0 Å². The Bertz CT molecular complexity index is 667. The molecule has 0 spiro atoms. The largest absolute Gasteiger partial charge is 0.506 e. The highest BCUT2D eigenvalue weighted by molar-refractivity contribution is 9.11. The number of rotatable bonds is 3. The summed E-state index contributed by atoms with van der Waals surface area (Å²) in [5.41, 5.74) is 1.53. The highest BCUT2D eigenvalue weighted by Gasteiger charge is 2.04. The Kier molecular flexibility index (Phi) is 5.51. The zero-order valence-corrected chi connectivity index (χ0v) is 14.9. The first-order chi connectivity index (χ1) is 9.56. The zero-order valence-electron chi connectivity index (χ0n) is 10.1. The van der Waals surface area contributed by atoms with E-state index in [1.807, 2.05) is 24.3 Å². The molecule has 0 aliphatic carbocycles. The minimum absolute atomic E-state index is 0.135. The van der Waals surface area contributed by atoms with Gasteiger partial charge in [-0.05, 0) is 45.8 Å². The van der Waals surface area contributed by atoms with E-state index in [-0.39, 0.29) is 5.75 Å². The third-order valence-electron chi connectivity index (χ3n) is 2.40. The molecule has 0 fully saturated rings. The normalized spacial score (nSPS) is 11.6. The standard InChI is InChI=1S/C14H9Br3N2O/c15-11-3-1-9(2-4-11)7-18-19-8-10-5-12(16)6-13(17)14(10)20/h1-8,20H. The van der Waals surface area contributed by atoms with E-state index in [0.717, 1.165) is 14.5 Å². The first-order valence-corrected chi connectivity index (χ1v) is 7.94. The Morgan fingerprint density at radius 1 is 0.850 bits per heavy atom. The van der Waals surface area contributed by atoms with Gasteiger partial charge in [0.25, 0.3) is 0 Å². The topological polar surface area (TPSA) is 45.0 Å². The van der Waals surface area contributed by atoms with Gasteiger partial charge in [-0.1, -0.05) is 44.0 Å². The molecule has 0 atom stereocenters. The lowest BCUT2D eigenvalue weighted by atomic mass is 10.2. The Hall–Kier alpha value is -0.980. The van der Waals surface area contributed by atoms with Gasteiger partial charge in [0.2, 0.25) is 0 Å². The molecule has 0 saturated carbocycles. The SMILES string of the molecule is Oc1c(Br)cc(Br)cc1C=NN=Cc1ccc(Br)cc1. The summed E-state index contributed by atoms with van der Waals surface area (Å²) >= 11 is 9.99. The van der Waals surface area contributed by atoms with Crippen molar-refractivity contribution < 1.29 is 5.11 Å². The third-order valence-corrected chi connectivity index (χ3v) is 3.99. The number of hydrogen-bond acceptors (Lipinski definition) is 3. The molecule has 20 heavy (non-hydrogen) atoms. The van der Waals surface area contributed by atoms with Gasteiger partial charge in [0.05, 0.1) is 16.9 Å². The van der Waals surface area contributed by atoms with Crippen molar-refractivity contribution in [3.05, 3.63) is 60.9 Å². The number of phenols is 1. The molecule has 0 amide bonds. The van der Waals surface area contributed by atoms with Crippen LogP contribution in [-0.4, -0.2) is 17.5 Å². The van der Waals surface area contributed by atoms with Crippen molar-refractivity contribution in [1.29, 1.82) is 0 Å². The van der Waals surface area contributed by atoms with Crippen molar-refractivity contribution in [2.45, 2.75) is 0 Å². The van der Waals surface area contributed by atoms with Crippen LogP contribution in [0.2, 0.25) is 0 Å². The monoisotopic (exact) mass is 458 g/mol. The second kappa shape index (κ2) is 7.15. The van der Waals surface area contributed by atoms with Gasteiger partial charge in [0.1, 0.15) is 5.75 Å². The summed E-state index contributed by atoms with van der Waals surface area (Å²) in [4.78, 5) is 0. The average molecular weight is 461 g/mol. The second-order valence-corrected chi connectivity index (χ2v) is 6.55. The van der Waals surface area contributed by atoms with Crippen LogP contribution < -0.4 is 0 Å². The third kappa shape index (κ3) is 4.26. The summed E-state index contributed by atoms with van der Waals surface area (Å²) in [6.07, 6.45) is 3.15. The van der Waals surface area contributed by atoms with E-state index in [1.165, 1.54) is 6.21 Å². The van der Waals surface area contributed by atoms with E-state index in [4.69, 9.17) is 0 Å². The summed E-state index contributed by atoms with van der Waals surface area (Å²) in [5, 5.41) is 17.7. The van der Waals surface area contributed by atoms with Crippen LogP contribution >= 0.6 is 47.8 Å². The van der Waals surface area contributed by atoms with Gasteiger partial charge in [-0.3, -0.25) is 0 Å². The molecular weight excluding hydrogens is 452 g/mol. The lowest BCUT2D eigenvalue weighted by Gasteiger charge is -2.01. The number of phenolic OH excluding ortho intramolecular Hbond substituents is 1. The molecule has 2 aromatic rings. The molecule has 2 rings (SSSR count). The van der Waals surface area contributed by atoms with E-state index in [1.54, 1.807) is 18.3 Å². The van der Waals surface area contributed by atoms with Crippen molar-refractivity contribution >= 4 is 60.2 Å². The molecule has 3 nitrogen and oxygen atoms in total. The summed E-state index contributed by atoms with van der Waals surface area (Å²) in [5.74, 6) is 0.135. The number of aromatic hydroxyl groups is 1. The number of halogens is 3. The van der Waals surface area contributed by atoms with E-state index in [0.29, 0.717) is 10.0 Å². The summed E-state index contributed by atoms with van der Waals surface area (Å²) in [7, 11) is 0. The van der Waals surface area contributed by atoms with Crippen molar-refractivity contribution in [3.63, 3.8) is 0 Å². The molecule has 6 heteroatoms. The smallest absolute Gasteiger partial charge is 0.138 e. The molecule has 1 N–H and O–H groups in total.